The molecule has 0 saturated carbocycles. The van der Waals surface area contributed by atoms with Crippen LogP contribution in [0.1, 0.15) is 5.69 Å². The third-order valence-electron chi connectivity index (χ3n) is 2.81. The van der Waals surface area contributed by atoms with Crippen LogP contribution < -0.4 is 61.6 Å². The second-order valence-electron chi connectivity index (χ2n) is 4.16. The maximum atomic E-state index is 12.8. The second-order valence-corrected chi connectivity index (χ2v) is 4.16. The summed E-state index contributed by atoms with van der Waals surface area (Å²) >= 11 is 0. The Morgan fingerprint density at radius 1 is 1.20 bits per heavy atom. The summed E-state index contributed by atoms with van der Waals surface area (Å²) in [4.78, 5) is 0. The summed E-state index contributed by atoms with van der Waals surface area (Å²) in [6.45, 7) is -4.87. The van der Waals surface area contributed by atoms with Gasteiger partial charge in [0.15, 0.2) is 0 Å². The van der Waals surface area contributed by atoms with Crippen LogP contribution >= 0.6 is 0 Å². The number of para-hydroxylation sites is 1. The molecule has 0 spiro atoms. The molecular formula is C12H13BF3KN2O. The molecule has 0 aliphatic heterocycles. The summed E-state index contributed by atoms with van der Waals surface area (Å²) in [6.07, 6.45) is 2.15. The van der Waals surface area contributed by atoms with Gasteiger partial charge >= 0.3 is 58.4 Å². The van der Waals surface area contributed by atoms with Crippen molar-refractivity contribution in [2.75, 3.05) is 6.61 Å². The van der Waals surface area contributed by atoms with Crippen molar-refractivity contribution >= 4 is 12.4 Å². The number of benzene rings is 1. The Labute approximate surface area is 158 Å². The number of hydrogen-bond donors (Lipinski definition) is 0. The maximum Gasteiger partial charge on any atom is 1.00 e. The number of hydrogen-bond acceptors (Lipinski definition) is 2. The third-order valence-corrected chi connectivity index (χ3v) is 2.81. The van der Waals surface area contributed by atoms with Crippen molar-refractivity contribution in [3.05, 3.63) is 42.2 Å². The first-order valence-corrected chi connectivity index (χ1v) is 5.87. The Hall–Kier alpha value is -0.279. The van der Waals surface area contributed by atoms with E-state index in [9.17, 15) is 12.9 Å². The summed E-state index contributed by atoms with van der Waals surface area (Å²) in [5.74, 6) is -0.114. The molecule has 0 fully saturated rings. The first-order valence-electron chi connectivity index (χ1n) is 5.87. The molecule has 0 radical (unpaired) electrons. The van der Waals surface area contributed by atoms with Gasteiger partial charge in [0.05, 0.1) is 12.4 Å². The minimum absolute atomic E-state index is 0. The first-order chi connectivity index (χ1) is 8.98. The van der Waals surface area contributed by atoms with Crippen LogP contribution in [0.4, 0.5) is 12.9 Å². The predicted octanol–water partition coefficient (Wildman–Crippen LogP) is -0.900. The molecule has 0 amide bonds. The van der Waals surface area contributed by atoms with E-state index in [0.717, 1.165) is 11.8 Å². The molecule has 3 nitrogen and oxygen atoms in total. The third kappa shape index (κ3) is 4.63. The van der Waals surface area contributed by atoms with Gasteiger partial charge in [-0.25, -0.2) is 0 Å². The maximum absolute atomic E-state index is 12.8. The van der Waals surface area contributed by atoms with Gasteiger partial charge in [0, 0.05) is 25.4 Å². The SMILES string of the molecule is Cn1nccc1CCOc1ccccc1[B-](F)(F)F.[K+]. The molecule has 0 bridgehead atoms. The molecule has 2 rings (SSSR count). The molecule has 1 aromatic heterocycles. The Kier molecular flexibility index (Phi) is 6.80. The van der Waals surface area contributed by atoms with Crippen molar-refractivity contribution in [3.63, 3.8) is 0 Å². The van der Waals surface area contributed by atoms with Gasteiger partial charge < -0.3 is 17.7 Å². The van der Waals surface area contributed by atoms with E-state index in [0.29, 0.717) is 6.42 Å². The number of ether oxygens (including phenoxy) is 1. The van der Waals surface area contributed by atoms with E-state index >= 15 is 0 Å². The van der Waals surface area contributed by atoms with Crippen molar-refractivity contribution in [1.29, 1.82) is 0 Å². The fourth-order valence-corrected chi connectivity index (χ4v) is 1.79. The van der Waals surface area contributed by atoms with Gasteiger partial charge in [0.2, 0.25) is 0 Å². The van der Waals surface area contributed by atoms with Crippen LogP contribution in [0, 0.1) is 0 Å². The molecule has 102 valence electrons. The average Bonchev–Trinajstić information content (AvgIpc) is 2.75. The van der Waals surface area contributed by atoms with Crippen LogP contribution in [0.15, 0.2) is 36.5 Å². The fourth-order valence-electron chi connectivity index (χ4n) is 1.79. The summed E-state index contributed by atoms with van der Waals surface area (Å²) in [5.41, 5.74) is 0.225. The number of halogens is 3. The van der Waals surface area contributed by atoms with E-state index in [4.69, 9.17) is 4.74 Å². The van der Waals surface area contributed by atoms with Gasteiger partial charge in [-0.15, -0.1) is 0 Å². The van der Waals surface area contributed by atoms with Gasteiger partial charge in [-0.05, 0) is 12.1 Å². The number of nitrogens with zero attached hydrogens (tertiary/aromatic N) is 2. The predicted molar refractivity (Wildman–Crippen MR) is 67.6 cm³/mol. The normalized spacial score (nSPS) is 11.0. The van der Waals surface area contributed by atoms with E-state index in [1.165, 1.54) is 18.2 Å². The Bertz CT molecular complexity index is 560. The monoisotopic (exact) mass is 308 g/mol. The molecule has 2 aromatic rings. The van der Waals surface area contributed by atoms with Crippen LogP contribution in [-0.4, -0.2) is 23.4 Å². The molecule has 1 heterocycles. The van der Waals surface area contributed by atoms with Crippen LogP contribution in [0.3, 0.4) is 0 Å². The Balaban J connectivity index is 0.00000200. The topological polar surface area (TPSA) is 27.1 Å². The van der Waals surface area contributed by atoms with Crippen LogP contribution in [0.5, 0.6) is 5.75 Å². The average molecular weight is 308 g/mol. The Morgan fingerprint density at radius 2 is 1.90 bits per heavy atom. The van der Waals surface area contributed by atoms with Crippen molar-refractivity contribution in [3.8, 4) is 5.75 Å². The molecule has 0 unspecified atom stereocenters. The molecule has 8 heteroatoms. The van der Waals surface area contributed by atoms with Gasteiger partial charge in [-0.3, -0.25) is 4.68 Å². The molecule has 1 aromatic carbocycles. The molecule has 0 aliphatic carbocycles. The summed E-state index contributed by atoms with van der Waals surface area (Å²) in [6, 6.07) is 7.08. The van der Waals surface area contributed by atoms with Crippen molar-refractivity contribution in [2.24, 2.45) is 7.05 Å². The largest absolute Gasteiger partial charge is 1.00 e. The van der Waals surface area contributed by atoms with Crippen molar-refractivity contribution in [2.45, 2.75) is 6.42 Å². The summed E-state index contributed by atoms with van der Waals surface area (Å²) < 4.78 is 45.3. The van der Waals surface area contributed by atoms with E-state index in [2.05, 4.69) is 5.10 Å². The van der Waals surface area contributed by atoms with Gasteiger partial charge in [0.25, 0.3) is 0 Å². The Morgan fingerprint density at radius 3 is 2.50 bits per heavy atom. The quantitative estimate of drug-likeness (QED) is 0.670. The smallest absolute Gasteiger partial charge is 0.496 e. The number of rotatable bonds is 5. The van der Waals surface area contributed by atoms with E-state index in [1.54, 1.807) is 17.9 Å². The minimum atomic E-state index is -5.05. The molecular weight excluding hydrogens is 295 g/mol. The molecule has 0 atom stereocenters. The second kappa shape index (κ2) is 7.65. The van der Waals surface area contributed by atoms with Crippen LogP contribution in [-0.2, 0) is 13.5 Å². The summed E-state index contributed by atoms with van der Waals surface area (Å²) in [5, 5.41) is 3.98. The van der Waals surface area contributed by atoms with Crippen molar-refractivity contribution < 1.29 is 69.1 Å². The fraction of sp³-hybridized carbons (Fsp3) is 0.250. The zero-order chi connectivity index (χ0) is 13.9. The number of aromatic nitrogens is 2. The van der Waals surface area contributed by atoms with Gasteiger partial charge in [-0.1, -0.05) is 23.7 Å². The molecule has 0 aliphatic rings. The van der Waals surface area contributed by atoms with Crippen LogP contribution in [0.2, 0.25) is 0 Å². The minimum Gasteiger partial charge on any atom is -0.496 e. The zero-order valence-electron chi connectivity index (χ0n) is 11.4. The zero-order valence-corrected chi connectivity index (χ0v) is 14.5. The molecule has 0 saturated heterocycles. The van der Waals surface area contributed by atoms with E-state index in [1.807, 2.05) is 6.07 Å². The molecule has 20 heavy (non-hydrogen) atoms. The summed E-state index contributed by atoms with van der Waals surface area (Å²) in [7, 11) is 1.78. The number of aryl methyl sites for hydroxylation is 1. The standard InChI is InChI=1S/C12H13BF3N2O.K/c1-18-10(6-8-17-18)7-9-19-12-5-3-2-4-11(12)13(14,15)16;/h2-6,8H,7,9H2,1H3;/q-1;+1. The van der Waals surface area contributed by atoms with E-state index < -0.39 is 12.4 Å². The van der Waals surface area contributed by atoms with Crippen molar-refractivity contribution in [1.82, 2.24) is 9.78 Å². The first kappa shape index (κ1) is 17.8. The van der Waals surface area contributed by atoms with Crippen LogP contribution in [0.25, 0.3) is 0 Å². The van der Waals surface area contributed by atoms with Gasteiger partial charge in [-0.2, -0.15) is 5.10 Å². The van der Waals surface area contributed by atoms with Gasteiger partial charge in [0.1, 0.15) is 0 Å². The molecule has 0 N–H and O–H groups in total. The van der Waals surface area contributed by atoms with E-state index in [-0.39, 0.29) is 63.7 Å².